The number of piperidine rings is 1. The Hall–Kier alpha value is -0.00805. The third-order valence-corrected chi connectivity index (χ3v) is 3.85. The minimum absolute atomic E-state index is 0. The number of rotatable bonds is 6. The predicted octanol–water partition coefficient (Wildman–Crippen LogP) is 5.15. The minimum Gasteiger partial charge on any atom is -0.661 e. The van der Waals surface area contributed by atoms with E-state index in [1.807, 2.05) is 13.8 Å². The normalized spacial score (nSPS) is 15.0. The van der Waals surface area contributed by atoms with Crippen LogP contribution in [-0.2, 0) is 0 Å². The van der Waals surface area contributed by atoms with Gasteiger partial charge in [-0.3, -0.25) is 0 Å². The van der Waals surface area contributed by atoms with Crippen LogP contribution in [0.1, 0.15) is 46.1 Å². The zero-order valence-corrected chi connectivity index (χ0v) is 19.7. The quantitative estimate of drug-likeness (QED) is 0.459. The third kappa shape index (κ3) is 9.15. The van der Waals surface area contributed by atoms with Crippen LogP contribution >= 0.6 is 0 Å². The van der Waals surface area contributed by atoms with Gasteiger partial charge in [-0.2, -0.15) is 13.1 Å². The fourth-order valence-corrected chi connectivity index (χ4v) is 2.62. The molecule has 1 aliphatic heterocycles. The first-order valence-electron chi connectivity index (χ1n) is 8.80. The maximum atomic E-state index is 4.78. The zero-order chi connectivity index (χ0) is 16.4. The number of aryl methyl sites for hydroxylation is 1. The van der Waals surface area contributed by atoms with E-state index in [2.05, 4.69) is 55.3 Å². The van der Waals surface area contributed by atoms with E-state index in [1.54, 1.807) is 0 Å². The van der Waals surface area contributed by atoms with E-state index in [0.717, 1.165) is 26.2 Å². The molecule has 1 aromatic carbocycles. The molecule has 1 heterocycles. The van der Waals surface area contributed by atoms with Gasteiger partial charge < -0.3 is 15.5 Å². The van der Waals surface area contributed by atoms with Crippen molar-refractivity contribution in [1.29, 1.82) is 0 Å². The molecular formula is C19H33N3U. The van der Waals surface area contributed by atoms with Gasteiger partial charge in [0.2, 0.25) is 0 Å². The van der Waals surface area contributed by atoms with E-state index in [9.17, 15) is 0 Å². The second-order valence-electron chi connectivity index (χ2n) is 5.96. The van der Waals surface area contributed by atoms with Crippen molar-refractivity contribution in [2.45, 2.75) is 59.5 Å². The molecule has 0 N–H and O–H groups in total. The molecule has 128 valence electrons. The summed E-state index contributed by atoms with van der Waals surface area (Å²) >= 11 is 0. The summed E-state index contributed by atoms with van der Waals surface area (Å²) in [4.78, 5) is 2.48. The van der Waals surface area contributed by atoms with Crippen molar-refractivity contribution in [2.75, 3.05) is 31.1 Å². The van der Waals surface area contributed by atoms with Crippen molar-refractivity contribution in [1.82, 2.24) is 0 Å². The molecule has 0 amide bonds. The van der Waals surface area contributed by atoms with Gasteiger partial charge in [0, 0.05) is 18.8 Å². The summed E-state index contributed by atoms with van der Waals surface area (Å²) in [7, 11) is 0. The smallest absolute Gasteiger partial charge is 0.661 e. The first-order valence-corrected chi connectivity index (χ1v) is 8.80. The summed E-state index contributed by atoms with van der Waals surface area (Å²) in [5.74, 6) is 0. The van der Waals surface area contributed by atoms with Crippen molar-refractivity contribution in [3.63, 3.8) is 0 Å². The standard InChI is InChI=1S/C17H27N3.C2H6.U/c1-14(2)18-10-11-19-16-8-12-20(13-9-16)17-6-4-15(3)5-7-17;1-2;/h4-7,14,16H,8-13H2,1-3H3;1-2H3;/q-2;;+2. The van der Waals surface area contributed by atoms with Crippen molar-refractivity contribution >= 4 is 5.69 Å². The van der Waals surface area contributed by atoms with Crippen LogP contribution in [0, 0.1) is 38.0 Å². The molecular weight excluding hydrogens is 508 g/mol. The van der Waals surface area contributed by atoms with E-state index >= 15 is 0 Å². The molecule has 0 radical (unpaired) electrons. The van der Waals surface area contributed by atoms with E-state index in [-0.39, 0.29) is 31.1 Å². The zero-order valence-electron chi connectivity index (χ0n) is 15.5. The number of hydrogen-bond acceptors (Lipinski definition) is 1. The molecule has 1 fully saturated rings. The molecule has 3 nitrogen and oxygen atoms in total. The Kier molecular flexibility index (Phi) is 13.3. The van der Waals surface area contributed by atoms with Crippen LogP contribution in [0.25, 0.3) is 10.6 Å². The van der Waals surface area contributed by atoms with Crippen LogP contribution in [0.2, 0.25) is 0 Å². The molecule has 0 bridgehead atoms. The summed E-state index contributed by atoms with van der Waals surface area (Å²) in [6, 6.07) is 9.83. The van der Waals surface area contributed by atoms with E-state index in [4.69, 9.17) is 5.32 Å². The molecule has 4 heteroatoms. The van der Waals surface area contributed by atoms with Gasteiger partial charge >= 0.3 is 31.1 Å². The fourth-order valence-electron chi connectivity index (χ4n) is 2.62. The SMILES string of the molecule is CC.Cc1ccc(N2CCC([N-]CC[N-]C(C)C)CC2)cc1.[U+2]. The van der Waals surface area contributed by atoms with Crippen LogP contribution in [-0.4, -0.2) is 38.3 Å². The van der Waals surface area contributed by atoms with Crippen LogP contribution in [0.3, 0.4) is 0 Å². The number of nitrogens with zero attached hydrogens (tertiary/aromatic N) is 3. The molecule has 0 aliphatic carbocycles. The molecule has 1 aliphatic rings. The molecule has 0 unspecified atom stereocenters. The maximum absolute atomic E-state index is 4.78. The number of hydrogen-bond donors (Lipinski definition) is 0. The van der Waals surface area contributed by atoms with Gasteiger partial charge in [-0.1, -0.05) is 58.2 Å². The summed E-state index contributed by atoms with van der Waals surface area (Å²) in [6.07, 6.45) is 2.35. The summed E-state index contributed by atoms with van der Waals surface area (Å²) in [5, 5.41) is 9.25. The van der Waals surface area contributed by atoms with Crippen molar-refractivity contribution in [3.8, 4) is 0 Å². The van der Waals surface area contributed by atoms with Gasteiger partial charge in [0.1, 0.15) is 0 Å². The first kappa shape index (κ1) is 23.0. The third-order valence-electron chi connectivity index (χ3n) is 3.85. The molecule has 0 aromatic heterocycles. The average molecular weight is 542 g/mol. The molecule has 0 atom stereocenters. The van der Waals surface area contributed by atoms with Crippen LogP contribution < -0.4 is 4.90 Å². The Bertz CT molecular complexity index is 384. The van der Waals surface area contributed by atoms with Crippen molar-refractivity contribution < 1.29 is 31.1 Å². The molecule has 1 aromatic rings. The molecule has 1 saturated heterocycles. The Balaban J connectivity index is 0.00000155. The van der Waals surface area contributed by atoms with Crippen LogP contribution in [0.15, 0.2) is 24.3 Å². The maximum Gasteiger partial charge on any atom is 2.00 e. The van der Waals surface area contributed by atoms with Gasteiger partial charge in [-0.15, -0.1) is 12.1 Å². The van der Waals surface area contributed by atoms with Gasteiger partial charge in [-0.25, -0.2) is 0 Å². The van der Waals surface area contributed by atoms with Crippen molar-refractivity contribution in [3.05, 3.63) is 40.5 Å². The van der Waals surface area contributed by atoms with E-state index in [0.29, 0.717) is 12.1 Å². The van der Waals surface area contributed by atoms with Crippen LogP contribution in [0.4, 0.5) is 5.69 Å². The van der Waals surface area contributed by atoms with Crippen LogP contribution in [0.5, 0.6) is 0 Å². The number of benzene rings is 1. The van der Waals surface area contributed by atoms with Gasteiger partial charge in [0.25, 0.3) is 0 Å². The Morgan fingerprint density at radius 2 is 1.61 bits per heavy atom. The van der Waals surface area contributed by atoms with Gasteiger partial charge in [0.15, 0.2) is 0 Å². The van der Waals surface area contributed by atoms with E-state index < -0.39 is 0 Å². The predicted molar refractivity (Wildman–Crippen MR) is 99.4 cm³/mol. The van der Waals surface area contributed by atoms with E-state index in [1.165, 1.54) is 24.1 Å². The topological polar surface area (TPSA) is 31.4 Å². The average Bonchev–Trinajstić information content (AvgIpc) is 2.55. The minimum atomic E-state index is 0. The second-order valence-corrected chi connectivity index (χ2v) is 5.96. The Morgan fingerprint density at radius 3 is 2.13 bits per heavy atom. The molecule has 2 rings (SSSR count). The van der Waals surface area contributed by atoms with Gasteiger partial charge in [0.05, 0.1) is 0 Å². The molecule has 0 saturated carbocycles. The largest absolute Gasteiger partial charge is 2.00 e. The van der Waals surface area contributed by atoms with Gasteiger partial charge in [-0.05, 0) is 19.1 Å². The second kappa shape index (κ2) is 13.3. The fraction of sp³-hybridized carbons (Fsp3) is 0.684. The summed E-state index contributed by atoms with van der Waals surface area (Å²) in [6.45, 7) is 14.4. The monoisotopic (exact) mass is 541 g/mol. The summed E-state index contributed by atoms with van der Waals surface area (Å²) < 4.78 is 0. The molecule has 23 heavy (non-hydrogen) atoms. The Morgan fingerprint density at radius 1 is 1.04 bits per heavy atom. The Labute approximate surface area is 167 Å². The first-order chi connectivity index (χ1) is 10.6. The van der Waals surface area contributed by atoms with Crippen molar-refractivity contribution in [2.24, 2.45) is 0 Å². The number of anilines is 1. The molecule has 0 spiro atoms. The summed E-state index contributed by atoms with van der Waals surface area (Å²) in [5.41, 5.74) is 2.68.